The minimum absolute atomic E-state index is 0.0115. The summed E-state index contributed by atoms with van der Waals surface area (Å²) in [6.45, 7) is 6.24. The van der Waals surface area contributed by atoms with Gasteiger partial charge in [-0.3, -0.25) is 18.2 Å². The predicted molar refractivity (Wildman–Crippen MR) is 186 cm³/mol. The maximum atomic E-state index is 14.1. The third-order valence-electron chi connectivity index (χ3n) is 7.05. The highest BCUT2D eigenvalue weighted by Crippen LogP contribution is 2.38. The molecule has 0 fully saturated rings. The van der Waals surface area contributed by atoms with Gasteiger partial charge in [-0.25, -0.2) is 16.8 Å². The van der Waals surface area contributed by atoms with Crippen LogP contribution in [0.5, 0.6) is 0 Å². The van der Waals surface area contributed by atoms with Gasteiger partial charge in [0.15, 0.2) is 0 Å². The number of fused-ring (bicyclic) bond motifs is 1. The number of carbonyl (C=O) groups excluding carboxylic acids is 2. The lowest BCUT2D eigenvalue weighted by Gasteiger charge is -2.29. The van der Waals surface area contributed by atoms with E-state index in [1.165, 1.54) is 60.7 Å². The molecule has 0 radical (unpaired) electrons. The van der Waals surface area contributed by atoms with Gasteiger partial charge in [-0.15, -0.1) is 0 Å². The van der Waals surface area contributed by atoms with Gasteiger partial charge in [-0.2, -0.15) is 0 Å². The van der Waals surface area contributed by atoms with Crippen molar-refractivity contribution < 1.29 is 35.9 Å². The topological polar surface area (TPSA) is 179 Å². The number of nitrogens with two attached hydrogens (primary N) is 2. The lowest BCUT2D eigenvalue weighted by Crippen LogP contribution is -2.38. The van der Waals surface area contributed by atoms with Crippen molar-refractivity contribution in [3.8, 4) is 0 Å². The molecule has 4 rings (SSSR count). The van der Waals surface area contributed by atoms with Crippen molar-refractivity contribution in [3.05, 3.63) is 84.9 Å². The summed E-state index contributed by atoms with van der Waals surface area (Å²) >= 11 is 0. The van der Waals surface area contributed by atoms with Gasteiger partial charge in [-0.1, -0.05) is 52.0 Å². The second kappa shape index (κ2) is 14.9. The average molecular weight is 697 g/mol. The van der Waals surface area contributed by atoms with Crippen molar-refractivity contribution in [1.29, 1.82) is 0 Å². The van der Waals surface area contributed by atoms with E-state index in [9.17, 15) is 26.4 Å². The second-order valence-corrected chi connectivity index (χ2v) is 15.7. The van der Waals surface area contributed by atoms with E-state index in [4.69, 9.17) is 20.9 Å². The molecule has 0 heterocycles. The number of hydrogen-bond acceptors (Lipinski definition) is 10. The van der Waals surface area contributed by atoms with E-state index >= 15 is 0 Å². The number of ether oxygens (including phenoxy) is 2. The fourth-order valence-electron chi connectivity index (χ4n) is 4.68. The molecule has 4 N–H and O–H groups in total. The van der Waals surface area contributed by atoms with Gasteiger partial charge >= 0.3 is 11.9 Å². The van der Waals surface area contributed by atoms with E-state index in [1.54, 1.807) is 24.3 Å². The molecular formula is C34H40N4O8S2. The summed E-state index contributed by atoms with van der Waals surface area (Å²) in [4.78, 5) is 25.8. The van der Waals surface area contributed by atoms with Crippen LogP contribution in [0, 0.1) is 11.8 Å². The molecule has 0 unspecified atom stereocenters. The number of sulfonamides is 2. The maximum Gasteiger partial charge on any atom is 0.326 e. The minimum Gasteiger partial charge on any atom is -0.464 e. The van der Waals surface area contributed by atoms with Crippen molar-refractivity contribution in [3.63, 3.8) is 0 Å². The molecule has 4 aromatic rings. The third kappa shape index (κ3) is 8.36. The van der Waals surface area contributed by atoms with Crippen molar-refractivity contribution in [2.24, 2.45) is 11.8 Å². The highest BCUT2D eigenvalue weighted by Gasteiger charge is 2.33. The van der Waals surface area contributed by atoms with Crippen LogP contribution in [0.15, 0.2) is 94.7 Å². The van der Waals surface area contributed by atoms with Gasteiger partial charge in [0.05, 0.1) is 34.4 Å². The molecule has 0 bridgehead atoms. The second-order valence-electron chi connectivity index (χ2n) is 12.0. The van der Waals surface area contributed by atoms with Gasteiger partial charge in [0.1, 0.15) is 13.1 Å². The first-order chi connectivity index (χ1) is 22.6. The molecule has 48 heavy (non-hydrogen) atoms. The Morgan fingerprint density at radius 2 is 0.917 bits per heavy atom. The molecule has 0 spiro atoms. The van der Waals surface area contributed by atoms with Crippen LogP contribution in [0.3, 0.4) is 0 Å². The maximum absolute atomic E-state index is 14.1. The molecule has 0 atom stereocenters. The first-order valence-corrected chi connectivity index (χ1v) is 18.1. The van der Waals surface area contributed by atoms with Gasteiger partial charge in [0.25, 0.3) is 20.0 Å². The Morgan fingerprint density at radius 3 is 1.23 bits per heavy atom. The van der Waals surface area contributed by atoms with Gasteiger partial charge in [0, 0.05) is 22.1 Å². The van der Waals surface area contributed by atoms with Crippen LogP contribution in [0.4, 0.5) is 22.7 Å². The van der Waals surface area contributed by atoms with Crippen LogP contribution in [0.2, 0.25) is 0 Å². The Bertz CT molecular complexity index is 1840. The zero-order valence-corrected chi connectivity index (χ0v) is 28.8. The van der Waals surface area contributed by atoms with Crippen molar-refractivity contribution in [1.82, 2.24) is 0 Å². The molecule has 256 valence electrons. The SMILES string of the molecule is CC(C)COC(=O)CN(c1ccc(N(CC(=O)OCC(C)C)S(=O)(=O)c2ccc(N)cc2)c2ccccc12)S(=O)(=O)c1ccc(N)cc1. The lowest BCUT2D eigenvalue weighted by atomic mass is 10.1. The first-order valence-electron chi connectivity index (χ1n) is 15.2. The van der Waals surface area contributed by atoms with Crippen LogP contribution < -0.4 is 20.1 Å². The number of nitrogens with zero attached hydrogens (tertiary/aromatic N) is 2. The number of rotatable bonds is 14. The fraction of sp³-hybridized carbons (Fsp3) is 0.294. The minimum atomic E-state index is -4.38. The molecule has 0 amide bonds. The van der Waals surface area contributed by atoms with Crippen LogP contribution >= 0.6 is 0 Å². The van der Waals surface area contributed by atoms with E-state index in [2.05, 4.69) is 0 Å². The van der Waals surface area contributed by atoms with E-state index in [0.29, 0.717) is 22.1 Å². The van der Waals surface area contributed by atoms with Gasteiger partial charge < -0.3 is 20.9 Å². The fourth-order valence-corrected chi connectivity index (χ4v) is 7.54. The van der Waals surface area contributed by atoms with Crippen LogP contribution in [-0.4, -0.2) is 55.1 Å². The molecule has 12 nitrogen and oxygen atoms in total. The van der Waals surface area contributed by atoms with E-state index < -0.39 is 45.1 Å². The zero-order valence-electron chi connectivity index (χ0n) is 27.2. The largest absolute Gasteiger partial charge is 0.464 e. The number of anilines is 4. The first kappa shape index (κ1) is 36.0. The summed E-state index contributed by atoms with van der Waals surface area (Å²) in [5, 5.41) is 0.581. The summed E-state index contributed by atoms with van der Waals surface area (Å²) in [6.07, 6.45) is 0. The molecule has 0 saturated heterocycles. The number of esters is 2. The summed E-state index contributed by atoms with van der Waals surface area (Å²) in [6, 6.07) is 20.3. The van der Waals surface area contributed by atoms with E-state index in [-0.39, 0.29) is 46.2 Å². The highest BCUT2D eigenvalue weighted by molar-refractivity contribution is 7.93. The van der Waals surface area contributed by atoms with Crippen molar-refractivity contribution in [2.75, 3.05) is 46.4 Å². The zero-order chi connectivity index (χ0) is 35.2. The molecule has 0 aromatic heterocycles. The molecule has 0 aliphatic heterocycles. The summed E-state index contributed by atoms with van der Waals surface area (Å²) in [7, 11) is -8.76. The Hall–Kier alpha value is -4.82. The number of carbonyl (C=O) groups is 2. The van der Waals surface area contributed by atoms with E-state index in [0.717, 1.165) is 8.61 Å². The number of benzene rings is 4. The van der Waals surface area contributed by atoms with Gasteiger partial charge in [0.2, 0.25) is 0 Å². The van der Waals surface area contributed by atoms with Crippen LogP contribution in [0.25, 0.3) is 10.8 Å². The summed E-state index contributed by atoms with van der Waals surface area (Å²) < 4.78 is 69.0. The molecule has 0 aliphatic rings. The quantitative estimate of drug-likeness (QED) is 0.137. The van der Waals surface area contributed by atoms with Crippen molar-refractivity contribution >= 4 is 65.5 Å². The van der Waals surface area contributed by atoms with Crippen molar-refractivity contribution in [2.45, 2.75) is 37.5 Å². The van der Waals surface area contributed by atoms with Gasteiger partial charge in [-0.05, 0) is 72.5 Å². The monoisotopic (exact) mass is 696 g/mol. The number of hydrogen-bond donors (Lipinski definition) is 2. The van der Waals surface area contributed by atoms with Crippen LogP contribution in [-0.2, 0) is 39.1 Å². The molecule has 0 aliphatic carbocycles. The molecule has 4 aromatic carbocycles. The van der Waals surface area contributed by atoms with E-state index in [1.807, 2.05) is 27.7 Å². The summed E-state index contributed by atoms with van der Waals surface area (Å²) in [5.41, 5.74) is 12.5. The summed E-state index contributed by atoms with van der Waals surface area (Å²) in [5.74, 6) is -1.54. The standard InChI is InChI=1S/C34H40N4O8S2/c1-23(2)21-45-33(39)19-37(47(41,42)27-13-9-25(35)10-14-27)31-17-18-32(30-8-6-5-7-29(30)31)38(20-34(40)46-22-24(3)4)48(43,44)28-15-11-26(36)12-16-28/h5-18,23-24H,19-22,35-36H2,1-4H3. The molecule has 14 heteroatoms. The molecular weight excluding hydrogens is 657 g/mol. The Kier molecular flexibility index (Phi) is 11.2. The third-order valence-corrected chi connectivity index (χ3v) is 10.6. The Labute approximate surface area is 281 Å². The smallest absolute Gasteiger partial charge is 0.326 e. The average Bonchev–Trinajstić information content (AvgIpc) is 3.04. The van der Waals surface area contributed by atoms with Crippen LogP contribution in [0.1, 0.15) is 27.7 Å². The highest BCUT2D eigenvalue weighted by atomic mass is 32.2. The lowest BCUT2D eigenvalue weighted by molar-refractivity contribution is -0.143. The predicted octanol–water partition coefficient (Wildman–Crippen LogP) is 4.79. The number of nitrogen functional groups attached to an aromatic ring is 2. The normalized spacial score (nSPS) is 11.9. The molecule has 0 saturated carbocycles. The Balaban J connectivity index is 1.91. The Morgan fingerprint density at radius 1 is 0.583 bits per heavy atom.